The Kier molecular flexibility index (Phi) is 7.01. The maximum absolute atomic E-state index is 6.74. The molecule has 5 heteroatoms. The van der Waals surface area contributed by atoms with E-state index >= 15 is 0 Å². The second-order valence-electron chi connectivity index (χ2n) is 14.7. The molecule has 3 heterocycles. The Balaban J connectivity index is 1.12. The number of para-hydroxylation sites is 3. The molecule has 1 fully saturated rings. The standard InChI is InChI=1S/C48H37BN2O2/c1-4-13-32(14-5-1)33-23-25-36(26-24-33)50(34-15-6-2-7-16-34)37-27-28-38-39-30-47-41(31-43(39)51(42(38)29-37)35-17-8-3-9-18-35)49-40-19-10-11-20-44(40)52-45-21-12-22-46(53-47)48(45)49/h2-3,6-12,15-32H,1,4-5,13-14H2. The number of aromatic nitrogens is 1. The van der Waals surface area contributed by atoms with Gasteiger partial charge >= 0.3 is 0 Å². The van der Waals surface area contributed by atoms with E-state index in [1.54, 1.807) is 0 Å². The third-order valence-corrected chi connectivity index (χ3v) is 11.7. The molecule has 0 spiro atoms. The van der Waals surface area contributed by atoms with Crippen LogP contribution in [0.15, 0.2) is 158 Å². The van der Waals surface area contributed by atoms with Gasteiger partial charge in [0.1, 0.15) is 23.0 Å². The van der Waals surface area contributed by atoms with Gasteiger partial charge in [-0.25, -0.2) is 0 Å². The number of benzene rings is 7. The van der Waals surface area contributed by atoms with Crippen LogP contribution in [0, 0.1) is 0 Å². The molecule has 8 aromatic rings. The van der Waals surface area contributed by atoms with Crippen molar-refractivity contribution < 1.29 is 9.47 Å². The highest BCUT2D eigenvalue weighted by molar-refractivity contribution is 6.98. The molecule has 11 rings (SSSR count). The summed E-state index contributed by atoms with van der Waals surface area (Å²) < 4.78 is 15.6. The van der Waals surface area contributed by atoms with Gasteiger partial charge in [0.2, 0.25) is 0 Å². The van der Waals surface area contributed by atoms with Gasteiger partial charge in [0.05, 0.1) is 11.0 Å². The molecule has 53 heavy (non-hydrogen) atoms. The molecule has 1 saturated carbocycles. The molecule has 0 bridgehead atoms. The Bertz CT molecular complexity index is 2660. The van der Waals surface area contributed by atoms with E-state index < -0.39 is 0 Å². The first-order valence-electron chi connectivity index (χ1n) is 19.0. The van der Waals surface area contributed by atoms with Gasteiger partial charge in [0.25, 0.3) is 6.71 Å². The predicted octanol–water partition coefficient (Wildman–Crippen LogP) is 11.0. The summed E-state index contributed by atoms with van der Waals surface area (Å²) in [5.74, 6) is 4.18. The van der Waals surface area contributed by atoms with Crippen molar-refractivity contribution in [2.24, 2.45) is 0 Å². The van der Waals surface area contributed by atoms with Crippen LogP contribution in [-0.4, -0.2) is 11.3 Å². The van der Waals surface area contributed by atoms with Gasteiger partial charge in [-0.15, -0.1) is 0 Å². The maximum Gasteiger partial charge on any atom is 0.260 e. The number of ether oxygens (including phenoxy) is 2. The summed E-state index contributed by atoms with van der Waals surface area (Å²) in [7, 11) is 0. The van der Waals surface area contributed by atoms with Gasteiger partial charge in [0, 0.05) is 39.0 Å². The van der Waals surface area contributed by atoms with Crippen LogP contribution in [0.3, 0.4) is 0 Å². The van der Waals surface area contributed by atoms with Crippen LogP contribution < -0.4 is 30.8 Å². The summed E-state index contributed by atoms with van der Waals surface area (Å²) in [6.07, 6.45) is 6.63. The number of fused-ring (bicyclic) bond motifs is 7. The Morgan fingerprint density at radius 1 is 0.491 bits per heavy atom. The first kappa shape index (κ1) is 30.4. The summed E-state index contributed by atoms with van der Waals surface area (Å²) in [4.78, 5) is 2.39. The summed E-state index contributed by atoms with van der Waals surface area (Å²) >= 11 is 0. The molecule has 2 aliphatic heterocycles. The van der Waals surface area contributed by atoms with Crippen molar-refractivity contribution in [1.29, 1.82) is 0 Å². The fourth-order valence-electron chi connectivity index (χ4n) is 9.23. The fraction of sp³-hybridized carbons (Fsp3) is 0.125. The lowest BCUT2D eigenvalue weighted by molar-refractivity contribution is 0.443. The average Bonchev–Trinajstić information content (AvgIpc) is 3.54. The Hall–Kier alpha value is -6.20. The summed E-state index contributed by atoms with van der Waals surface area (Å²) in [5, 5.41) is 2.35. The normalized spacial score (nSPS) is 14.6. The van der Waals surface area contributed by atoms with Crippen LogP contribution in [0.5, 0.6) is 23.0 Å². The Morgan fingerprint density at radius 3 is 1.92 bits per heavy atom. The highest BCUT2D eigenvalue weighted by Crippen LogP contribution is 2.43. The number of anilines is 3. The molecule has 7 aromatic carbocycles. The lowest BCUT2D eigenvalue weighted by atomic mass is 9.35. The van der Waals surface area contributed by atoms with E-state index in [0.717, 1.165) is 78.6 Å². The second kappa shape index (κ2) is 12.2. The van der Waals surface area contributed by atoms with Crippen molar-refractivity contribution in [3.05, 3.63) is 163 Å². The SMILES string of the molecule is c1ccc(N(c2ccc(C3CCCCC3)cc2)c2ccc3c4cc5c(cc4n(-c4ccccc4)c3c2)B2c3ccccc3Oc3cccc(c32)O5)cc1. The van der Waals surface area contributed by atoms with Crippen molar-refractivity contribution in [3.63, 3.8) is 0 Å². The highest BCUT2D eigenvalue weighted by Gasteiger charge is 2.40. The van der Waals surface area contributed by atoms with E-state index in [0.29, 0.717) is 5.92 Å². The van der Waals surface area contributed by atoms with Crippen LogP contribution in [0.4, 0.5) is 17.1 Å². The molecule has 4 nitrogen and oxygen atoms in total. The third kappa shape index (κ3) is 4.91. The van der Waals surface area contributed by atoms with Crippen molar-refractivity contribution in [2.45, 2.75) is 38.0 Å². The summed E-state index contributed by atoms with van der Waals surface area (Å²) in [6.45, 7) is 0.00208. The van der Waals surface area contributed by atoms with E-state index in [2.05, 4.69) is 155 Å². The molecule has 0 amide bonds. The topological polar surface area (TPSA) is 26.6 Å². The van der Waals surface area contributed by atoms with E-state index in [1.807, 2.05) is 12.1 Å². The van der Waals surface area contributed by atoms with Crippen molar-refractivity contribution >= 4 is 62.0 Å². The average molecular weight is 685 g/mol. The quantitative estimate of drug-likeness (QED) is 0.169. The van der Waals surface area contributed by atoms with Crippen LogP contribution in [0.25, 0.3) is 27.5 Å². The minimum absolute atomic E-state index is 0.00208. The largest absolute Gasteiger partial charge is 0.458 e. The molecule has 0 atom stereocenters. The van der Waals surface area contributed by atoms with Crippen molar-refractivity contribution in [1.82, 2.24) is 4.57 Å². The van der Waals surface area contributed by atoms with Gasteiger partial charge in [-0.3, -0.25) is 0 Å². The zero-order chi connectivity index (χ0) is 34.9. The van der Waals surface area contributed by atoms with Crippen molar-refractivity contribution in [3.8, 4) is 28.7 Å². The zero-order valence-corrected chi connectivity index (χ0v) is 29.4. The van der Waals surface area contributed by atoms with Gasteiger partial charge in [0.15, 0.2) is 0 Å². The van der Waals surface area contributed by atoms with E-state index in [9.17, 15) is 0 Å². The Morgan fingerprint density at radius 2 is 1.13 bits per heavy atom. The molecular formula is C48H37BN2O2. The number of rotatable bonds is 5. The van der Waals surface area contributed by atoms with E-state index in [-0.39, 0.29) is 6.71 Å². The molecular weight excluding hydrogens is 647 g/mol. The first-order chi connectivity index (χ1) is 26.3. The molecule has 3 aliphatic rings. The predicted molar refractivity (Wildman–Crippen MR) is 219 cm³/mol. The molecule has 0 saturated heterocycles. The minimum atomic E-state index is 0.00208. The van der Waals surface area contributed by atoms with Crippen LogP contribution in [0.1, 0.15) is 43.6 Å². The first-order valence-corrected chi connectivity index (χ1v) is 19.0. The second-order valence-corrected chi connectivity index (χ2v) is 14.7. The molecule has 1 aliphatic carbocycles. The van der Waals surface area contributed by atoms with Gasteiger partial charge in [-0.1, -0.05) is 98.1 Å². The highest BCUT2D eigenvalue weighted by atomic mass is 16.5. The zero-order valence-electron chi connectivity index (χ0n) is 29.4. The van der Waals surface area contributed by atoms with Gasteiger partial charge in [-0.2, -0.15) is 0 Å². The van der Waals surface area contributed by atoms with Gasteiger partial charge < -0.3 is 18.9 Å². The van der Waals surface area contributed by atoms with E-state index in [4.69, 9.17) is 9.47 Å². The Labute approximate surface area is 309 Å². The minimum Gasteiger partial charge on any atom is -0.458 e. The van der Waals surface area contributed by atoms with Crippen LogP contribution >= 0.6 is 0 Å². The molecule has 254 valence electrons. The third-order valence-electron chi connectivity index (χ3n) is 11.7. The molecule has 1 aromatic heterocycles. The number of hydrogen-bond acceptors (Lipinski definition) is 3. The number of hydrogen-bond donors (Lipinski definition) is 0. The van der Waals surface area contributed by atoms with Crippen LogP contribution in [-0.2, 0) is 0 Å². The fourth-order valence-corrected chi connectivity index (χ4v) is 9.23. The summed E-state index contributed by atoms with van der Waals surface area (Å²) in [5.41, 5.74) is 11.7. The van der Waals surface area contributed by atoms with Crippen LogP contribution in [0.2, 0.25) is 0 Å². The maximum atomic E-state index is 6.74. The molecule has 0 unspecified atom stereocenters. The lowest BCUT2D eigenvalue weighted by Crippen LogP contribution is -2.57. The summed E-state index contributed by atoms with van der Waals surface area (Å²) in [6, 6.07) is 57.0. The molecule has 0 radical (unpaired) electrons. The monoisotopic (exact) mass is 684 g/mol. The smallest absolute Gasteiger partial charge is 0.260 e. The van der Waals surface area contributed by atoms with Crippen molar-refractivity contribution in [2.75, 3.05) is 4.90 Å². The lowest BCUT2D eigenvalue weighted by Gasteiger charge is -2.32. The number of nitrogens with zero attached hydrogens (tertiary/aromatic N) is 2. The van der Waals surface area contributed by atoms with Gasteiger partial charge in [-0.05, 0) is 114 Å². The molecule has 0 N–H and O–H groups in total. The van der Waals surface area contributed by atoms with E-state index in [1.165, 1.54) is 43.1 Å².